The van der Waals surface area contributed by atoms with Crippen molar-refractivity contribution in [2.24, 2.45) is 0 Å². The number of benzene rings is 2. The van der Waals surface area contributed by atoms with Crippen molar-refractivity contribution < 1.29 is 9.50 Å². The Morgan fingerprint density at radius 3 is 2.97 bits per heavy atom. The molecule has 8 nitrogen and oxygen atoms in total. The number of H-pyrrole nitrogens is 1. The van der Waals surface area contributed by atoms with Gasteiger partial charge in [-0.1, -0.05) is 12.1 Å². The predicted molar refractivity (Wildman–Crippen MR) is 127 cm³/mol. The van der Waals surface area contributed by atoms with Gasteiger partial charge in [-0.2, -0.15) is 10.2 Å². The van der Waals surface area contributed by atoms with Gasteiger partial charge in [0, 0.05) is 43.4 Å². The number of aliphatic hydroxyl groups excluding tert-OH is 1. The van der Waals surface area contributed by atoms with Gasteiger partial charge < -0.3 is 10.0 Å². The molecule has 1 aliphatic rings. The van der Waals surface area contributed by atoms with E-state index in [1.165, 1.54) is 6.07 Å². The van der Waals surface area contributed by atoms with E-state index >= 15 is 0 Å². The molecule has 0 unspecified atom stereocenters. The van der Waals surface area contributed by atoms with E-state index in [1.807, 2.05) is 28.9 Å². The van der Waals surface area contributed by atoms with E-state index in [9.17, 15) is 9.50 Å². The first-order valence-electron chi connectivity index (χ1n) is 11.3. The number of anilines is 2. The van der Waals surface area contributed by atoms with Crippen LogP contribution in [0.1, 0.15) is 17.5 Å². The number of nitrogens with one attached hydrogen (secondary N) is 1. The van der Waals surface area contributed by atoms with Crippen LogP contribution in [0.15, 0.2) is 67.3 Å². The maximum atomic E-state index is 14.0. The second-order valence-electron chi connectivity index (χ2n) is 8.75. The van der Waals surface area contributed by atoms with Gasteiger partial charge >= 0.3 is 0 Å². The van der Waals surface area contributed by atoms with Gasteiger partial charge in [0.25, 0.3) is 0 Å². The quantitative estimate of drug-likeness (QED) is 0.405. The molecule has 1 aliphatic heterocycles. The van der Waals surface area contributed by atoms with Crippen LogP contribution in [0, 0.1) is 5.82 Å². The molecule has 2 N–H and O–H groups in total. The number of rotatable bonds is 6. The van der Waals surface area contributed by atoms with Crippen LogP contribution in [0.25, 0.3) is 16.4 Å². The lowest BCUT2D eigenvalue weighted by Gasteiger charge is -2.25. The van der Waals surface area contributed by atoms with Gasteiger partial charge in [-0.05, 0) is 53.9 Å². The summed E-state index contributed by atoms with van der Waals surface area (Å²) >= 11 is 0. The predicted octanol–water partition coefficient (Wildman–Crippen LogP) is 3.65. The average molecular weight is 458 g/mol. The summed E-state index contributed by atoms with van der Waals surface area (Å²) in [7, 11) is 0. The SMILES string of the molecule is O[C@H]1CCN(Cc2ccn3ncnc(N(Cc4cccc(F)c4)c4ccc5[nH]ncc5c4)c23)C1. The number of hydrogen-bond donors (Lipinski definition) is 2. The number of β-amino-alcohol motifs (C(OH)–C–C–N with tert-alkyl or cyclic N) is 1. The summed E-state index contributed by atoms with van der Waals surface area (Å²) in [6, 6.07) is 14.7. The first kappa shape index (κ1) is 20.8. The van der Waals surface area contributed by atoms with Crippen LogP contribution in [0.3, 0.4) is 0 Å². The van der Waals surface area contributed by atoms with Crippen LogP contribution in [-0.2, 0) is 13.1 Å². The normalized spacial score (nSPS) is 16.6. The third-order valence-electron chi connectivity index (χ3n) is 6.38. The maximum Gasteiger partial charge on any atom is 0.161 e. The Hall–Kier alpha value is -3.82. The molecular formula is C25H24FN7O. The molecule has 2 aromatic carbocycles. The van der Waals surface area contributed by atoms with E-state index < -0.39 is 0 Å². The molecule has 0 bridgehead atoms. The first-order chi connectivity index (χ1) is 16.6. The molecule has 34 heavy (non-hydrogen) atoms. The highest BCUT2D eigenvalue weighted by atomic mass is 19.1. The third-order valence-corrected chi connectivity index (χ3v) is 6.38. The number of fused-ring (bicyclic) bond motifs is 2. The summed E-state index contributed by atoms with van der Waals surface area (Å²) in [5.74, 6) is 0.466. The van der Waals surface area contributed by atoms with Crippen molar-refractivity contribution >= 4 is 27.9 Å². The van der Waals surface area contributed by atoms with Crippen molar-refractivity contribution in [1.82, 2.24) is 29.7 Å². The monoisotopic (exact) mass is 457 g/mol. The van der Waals surface area contributed by atoms with Gasteiger partial charge in [-0.3, -0.25) is 10.00 Å². The van der Waals surface area contributed by atoms with Gasteiger partial charge in [0.1, 0.15) is 17.7 Å². The summed E-state index contributed by atoms with van der Waals surface area (Å²) in [6.45, 7) is 2.64. The standard InChI is InChI=1S/C25H24FN7O/c26-20-3-1-2-17(10-20)13-32(21-4-5-23-19(11-21)12-28-30-23)25-24-18(6-9-33(24)29-16-27-25)14-31-8-7-22(34)15-31/h1-6,9-12,16,22,34H,7-8,13-15H2,(H,28,30)/t22-/m0/s1. The molecule has 6 rings (SSSR count). The smallest absolute Gasteiger partial charge is 0.161 e. The van der Waals surface area contributed by atoms with Crippen LogP contribution < -0.4 is 4.90 Å². The number of nitrogens with zero attached hydrogens (tertiary/aromatic N) is 6. The van der Waals surface area contributed by atoms with E-state index in [-0.39, 0.29) is 11.9 Å². The minimum absolute atomic E-state index is 0.272. The van der Waals surface area contributed by atoms with Crippen molar-refractivity contribution in [1.29, 1.82) is 0 Å². The van der Waals surface area contributed by atoms with Gasteiger partial charge in [-0.15, -0.1) is 0 Å². The highest BCUT2D eigenvalue weighted by Crippen LogP contribution is 2.33. The van der Waals surface area contributed by atoms with E-state index in [0.717, 1.165) is 52.0 Å². The average Bonchev–Trinajstić information content (AvgIpc) is 3.57. The van der Waals surface area contributed by atoms with Crippen molar-refractivity contribution in [2.45, 2.75) is 25.6 Å². The number of likely N-dealkylation sites (tertiary alicyclic amines) is 1. The molecule has 3 aromatic heterocycles. The Kier molecular flexibility index (Phi) is 5.20. The van der Waals surface area contributed by atoms with Crippen molar-refractivity contribution in [3.63, 3.8) is 0 Å². The van der Waals surface area contributed by atoms with Gasteiger partial charge in [0.05, 0.1) is 17.8 Å². The highest BCUT2D eigenvalue weighted by molar-refractivity contribution is 5.85. The zero-order valence-electron chi connectivity index (χ0n) is 18.5. The molecule has 9 heteroatoms. The van der Waals surface area contributed by atoms with Gasteiger partial charge in [-0.25, -0.2) is 13.9 Å². The van der Waals surface area contributed by atoms with Crippen LogP contribution >= 0.6 is 0 Å². The molecule has 1 saturated heterocycles. The fraction of sp³-hybridized carbons (Fsp3) is 0.240. The van der Waals surface area contributed by atoms with Crippen LogP contribution in [0.2, 0.25) is 0 Å². The highest BCUT2D eigenvalue weighted by Gasteiger charge is 2.24. The third kappa shape index (κ3) is 3.89. The van der Waals surface area contributed by atoms with E-state index in [0.29, 0.717) is 19.6 Å². The second-order valence-corrected chi connectivity index (χ2v) is 8.75. The number of halogens is 1. The largest absolute Gasteiger partial charge is 0.392 e. The Balaban J connectivity index is 1.47. The zero-order chi connectivity index (χ0) is 23.1. The second kappa shape index (κ2) is 8.51. The van der Waals surface area contributed by atoms with E-state index in [4.69, 9.17) is 4.98 Å². The number of aromatic amines is 1. The topological polar surface area (TPSA) is 85.6 Å². The lowest BCUT2D eigenvalue weighted by molar-refractivity contribution is 0.175. The molecule has 1 fully saturated rings. The Morgan fingerprint density at radius 2 is 2.12 bits per heavy atom. The van der Waals surface area contributed by atoms with Crippen molar-refractivity contribution in [3.05, 3.63) is 84.2 Å². The van der Waals surface area contributed by atoms with Gasteiger partial charge in [0.15, 0.2) is 5.82 Å². The van der Waals surface area contributed by atoms with Crippen LogP contribution in [0.4, 0.5) is 15.9 Å². The minimum atomic E-state index is -0.282. The molecule has 4 heterocycles. The van der Waals surface area contributed by atoms with E-state index in [1.54, 1.807) is 24.7 Å². The fourth-order valence-corrected chi connectivity index (χ4v) is 4.73. The zero-order valence-corrected chi connectivity index (χ0v) is 18.5. The number of aromatic nitrogens is 5. The fourth-order valence-electron chi connectivity index (χ4n) is 4.73. The molecule has 0 aliphatic carbocycles. The van der Waals surface area contributed by atoms with Gasteiger partial charge in [0.2, 0.25) is 0 Å². The molecular weight excluding hydrogens is 433 g/mol. The van der Waals surface area contributed by atoms with Crippen LogP contribution in [-0.4, -0.2) is 54.0 Å². The minimum Gasteiger partial charge on any atom is -0.392 e. The van der Waals surface area contributed by atoms with Crippen molar-refractivity contribution in [3.8, 4) is 0 Å². The first-order valence-corrected chi connectivity index (χ1v) is 11.3. The maximum absolute atomic E-state index is 14.0. The summed E-state index contributed by atoms with van der Waals surface area (Å²) in [4.78, 5) is 9.03. The Labute approximate surface area is 195 Å². The van der Waals surface area contributed by atoms with Crippen LogP contribution in [0.5, 0.6) is 0 Å². The molecule has 0 radical (unpaired) electrons. The number of hydrogen-bond acceptors (Lipinski definition) is 6. The summed E-state index contributed by atoms with van der Waals surface area (Å²) < 4.78 is 15.9. The summed E-state index contributed by atoms with van der Waals surface area (Å²) in [5.41, 5.74) is 4.67. The molecule has 1 atom stereocenters. The molecule has 0 saturated carbocycles. The lowest BCUT2D eigenvalue weighted by atomic mass is 10.1. The molecule has 0 spiro atoms. The molecule has 172 valence electrons. The Bertz CT molecular complexity index is 1460. The molecule has 5 aromatic rings. The Morgan fingerprint density at radius 1 is 1.18 bits per heavy atom. The summed E-state index contributed by atoms with van der Waals surface area (Å²) in [5, 5.41) is 22.5. The lowest BCUT2D eigenvalue weighted by Crippen LogP contribution is -2.22. The summed E-state index contributed by atoms with van der Waals surface area (Å²) in [6.07, 6.45) is 5.76. The number of aliphatic hydroxyl groups is 1. The van der Waals surface area contributed by atoms with Crippen molar-refractivity contribution in [2.75, 3.05) is 18.0 Å². The van der Waals surface area contributed by atoms with E-state index in [2.05, 4.69) is 37.2 Å². The molecule has 0 amide bonds.